The van der Waals surface area contributed by atoms with Gasteiger partial charge in [0.25, 0.3) is 5.91 Å². The van der Waals surface area contributed by atoms with Gasteiger partial charge in [0.05, 0.1) is 11.1 Å². The van der Waals surface area contributed by atoms with Crippen molar-refractivity contribution in [2.24, 2.45) is 0 Å². The largest absolute Gasteiger partial charge is 0.422 e. The van der Waals surface area contributed by atoms with Gasteiger partial charge in [0.2, 0.25) is 0 Å². The maximum atomic E-state index is 12.4. The van der Waals surface area contributed by atoms with E-state index in [2.05, 4.69) is 10.6 Å². The average Bonchev–Trinajstić information content (AvgIpc) is 2.54. The molecule has 0 bridgehead atoms. The zero-order valence-corrected chi connectivity index (χ0v) is 12.4. The molecule has 1 atom stereocenters. The average molecular weight is 306 g/mol. The Labute approximate surface area is 131 Å². The van der Waals surface area contributed by atoms with E-state index < -0.39 is 11.3 Å². The predicted molar refractivity (Wildman–Crippen MR) is 87.4 cm³/mol. The summed E-state index contributed by atoms with van der Waals surface area (Å²) in [6.45, 7) is 1.75. The van der Waals surface area contributed by atoms with Gasteiger partial charge < -0.3 is 15.1 Å². The normalized spacial score (nSPS) is 19.8. The van der Waals surface area contributed by atoms with E-state index in [0.717, 1.165) is 5.39 Å². The van der Waals surface area contributed by atoms with Crippen molar-refractivity contribution in [3.8, 4) is 0 Å². The summed E-state index contributed by atoms with van der Waals surface area (Å²) < 4.78 is 5.39. The third kappa shape index (κ3) is 2.09. The van der Waals surface area contributed by atoms with Crippen LogP contribution >= 0.6 is 0 Å². The fourth-order valence-corrected chi connectivity index (χ4v) is 2.93. The Balaban J connectivity index is 1.89. The molecule has 0 saturated heterocycles. The van der Waals surface area contributed by atoms with Crippen molar-refractivity contribution in [2.75, 3.05) is 5.32 Å². The lowest BCUT2D eigenvalue weighted by Gasteiger charge is -2.37. The van der Waals surface area contributed by atoms with Crippen LogP contribution in [0.25, 0.3) is 11.0 Å². The molecule has 4 rings (SSSR count). The van der Waals surface area contributed by atoms with Gasteiger partial charge in [-0.25, -0.2) is 4.79 Å². The minimum absolute atomic E-state index is 0.227. The summed E-state index contributed by atoms with van der Waals surface area (Å²) in [6, 6.07) is 16.2. The minimum Gasteiger partial charge on any atom is -0.422 e. The van der Waals surface area contributed by atoms with E-state index in [1.165, 1.54) is 0 Å². The Hall–Kier alpha value is -3.08. The third-order valence-corrected chi connectivity index (χ3v) is 4.10. The van der Waals surface area contributed by atoms with Crippen LogP contribution in [0, 0.1) is 0 Å². The Morgan fingerprint density at radius 1 is 0.957 bits per heavy atom. The first-order valence-electron chi connectivity index (χ1n) is 7.30. The lowest BCUT2D eigenvalue weighted by molar-refractivity contribution is 0.0905. The van der Waals surface area contributed by atoms with Crippen LogP contribution in [0.2, 0.25) is 0 Å². The summed E-state index contributed by atoms with van der Waals surface area (Å²) in [5, 5.41) is 6.90. The van der Waals surface area contributed by atoms with Crippen LogP contribution in [-0.4, -0.2) is 5.91 Å². The first kappa shape index (κ1) is 13.6. The van der Waals surface area contributed by atoms with Crippen molar-refractivity contribution < 1.29 is 9.21 Å². The molecule has 2 heterocycles. The number of amides is 1. The van der Waals surface area contributed by atoms with Crippen molar-refractivity contribution in [2.45, 2.75) is 12.6 Å². The number of para-hydroxylation sites is 2. The van der Waals surface area contributed by atoms with E-state index in [1.807, 2.05) is 30.3 Å². The van der Waals surface area contributed by atoms with E-state index in [0.29, 0.717) is 22.4 Å². The van der Waals surface area contributed by atoms with Gasteiger partial charge in [-0.15, -0.1) is 0 Å². The topological polar surface area (TPSA) is 71.3 Å². The third-order valence-electron chi connectivity index (χ3n) is 4.10. The molecule has 1 aliphatic heterocycles. The van der Waals surface area contributed by atoms with Crippen LogP contribution in [0.5, 0.6) is 0 Å². The molecule has 1 aromatic heterocycles. The van der Waals surface area contributed by atoms with E-state index in [1.54, 1.807) is 31.2 Å². The first-order valence-corrected chi connectivity index (χ1v) is 7.30. The molecule has 1 unspecified atom stereocenters. The molecule has 114 valence electrons. The van der Waals surface area contributed by atoms with Crippen LogP contribution in [0.15, 0.2) is 63.8 Å². The predicted octanol–water partition coefficient (Wildman–Crippen LogP) is 2.82. The Morgan fingerprint density at radius 2 is 1.70 bits per heavy atom. The van der Waals surface area contributed by atoms with Crippen LogP contribution < -0.4 is 16.3 Å². The van der Waals surface area contributed by atoms with Crippen LogP contribution in [0.3, 0.4) is 0 Å². The van der Waals surface area contributed by atoms with E-state index in [-0.39, 0.29) is 5.91 Å². The fourth-order valence-electron chi connectivity index (χ4n) is 2.93. The van der Waals surface area contributed by atoms with E-state index >= 15 is 0 Å². The standard InChI is InChI=1S/C18H14N2O3/c1-18(19-14-8-4-3-7-12(14)16(21)20-18)13-10-11-6-2-5-9-15(11)23-17(13)22/h2-10,19H,1H3,(H,20,21). The second-order valence-corrected chi connectivity index (χ2v) is 5.74. The molecule has 1 amide bonds. The van der Waals surface area contributed by atoms with Crippen LogP contribution in [0.1, 0.15) is 22.8 Å². The number of anilines is 1. The highest BCUT2D eigenvalue weighted by atomic mass is 16.4. The highest BCUT2D eigenvalue weighted by molar-refractivity contribution is 6.02. The molecule has 0 aliphatic carbocycles. The number of rotatable bonds is 1. The van der Waals surface area contributed by atoms with Crippen molar-refractivity contribution >= 4 is 22.6 Å². The zero-order valence-electron chi connectivity index (χ0n) is 12.4. The maximum absolute atomic E-state index is 12.4. The number of benzene rings is 2. The molecule has 0 saturated carbocycles. The van der Waals surface area contributed by atoms with Crippen molar-refractivity contribution in [1.29, 1.82) is 0 Å². The maximum Gasteiger partial charge on any atom is 0.343 e. The van der Waals surface area contributed by atoms with Gasteiger partial charge in [0, 0.05) is 11.1 Å². The molecule has 0 spiro atoms. The number of carbonyl (C=O) groups is 1. The number of carbonyl (C=O) groups excluding carboxylic acids is 1. The molecule has 5 nitrogen and oxygen atoms in total. The van der Waals surface area contributed by atoms with Gasteiger partial charge >= 0.3 is 5.63 Å². The van der Waals surface area contributed by atoms with Gasteiger partial charge in [-0.3, -0.25) is 4.79 Å². The Morgan fingerprint density at radius 3 is 2.57 bits per heavy atom. The number of hydrogen-bond acceptors (Lipinski definition) is 4. The van der Waals surface area contributed by atoms with Gasteiger partial charge in [-0.05, 0) is 31.2 Å². The molecule has 0 radical (unpaired) electrons. The molecular weight excluding hydrogens is 292 g/mol. The minimum atomic E-state index is -1.03. The highest BCUT2D eigenvalue weighted by Gasteiger charge is 2.37. The van der Waals surface area contributed by atoms with Gasteiger partial charge in [0.15, 0.2) is 0 Å². The van der Waals surface area contributed by atoms with Gasteiger partial charge in [-0.1, -0.05) is 30.3 Å². The van der Waals surface area contributed by atoms with E-state index in [9.17, 15) is 9.59 Å². The van der Waals surface area contributed by atoms with Crippen LogP contribution in [0.4, 0.5) is 5.69 Å². The monoisotopic (exact) mass is 306 g/mol. The molecular formula is C18H14N2O3. The number of hydrogen-bond donors (Lipinski definition) is 2. The van der Waals surface area contributed by atoms with Gasteiger partial charge in [-0.2, -0.15) is 0 Å². The highest BCUT2D eigenvalue weighted by Crippen LogP contribution is 2.30. The summed E-state index contributed by atoms with van der Waals surface area (Å²) in [4.78, 5) is 24.8. The molecule has 2 N–H and O–H groups in total. The zero-order chi connectivity index (χ0) is 16.0. The molecule has 5 heteroatoms. The fraction of sp³-hybridized carbons (Fsp3) is 0.111. The second-order valence-electron chi connectivity index (χ2n) is 5.74. The molecule has 3 aromatic rings. The summed E-state index contributed by atoms with van der Waals surface area (Å²) in [7, 11) is 0. The van der Waals surface area contributed by atoms with Crippen LogP contribution in [-0.2, 0) is 5.66 Å². The smallest absolute Gasteiger partial charge is 0.343 e. The van der Waals surface area contributed by atoms with Crippen molar-refractivity contribution in [1.82, 2.24) is 5.32 Å². The first-order chi connectivity index (χ1) is 11.1. The number of nitrogens with one attached hydrogen (secondary N) is 2. The lowest BCUT2D eigenvalue weighted by atomic mass is 9.96. The molecule has 1 aliphatic rings. The van der Waals surface area contributed by atoms with E-state index in [4.69, 9.17) is 4.42 Å². The molecule has 23 heavy (non-hydrogen) atoms. The Bertz CT molecular complexity index is 993. The quantitative estimate of drug-likeness (QED) is 0.678. The van der Waals surface area contributed by atoms with Gasteiger partial charge in [0.1, 0.15) is 11.2 Å². The number of fused-ring (bicyclic) bond motifs is 2. The molecule has 0 fully saturated rings. The molecule has 2 aromatic carbocycles. The lowest BCUT2D eigenvalue weighted by Crippen LogP contribution is -2.54. The summed E-state index contributed by atoms with van der Waals surface area (Å²) in [5.74, 6) is -0.227. The summed E-state index contributed by atoms with van der Waals surface area (Å²) >= 11 is 0. The van der Waals surface area contributed by atoms with Crippen molar-refractivity contribution in [3.63, 3.8) is 0 Å². The summed E-state index contributed by atoms with van der Waals surface area (Å²) in [5.41, 5.74) is 0.613. The summed E-state index contributed by atoms with van der Waals surface area (Å²) in [6.07, 6.45) is 0. The Kier molecular flexibility index (Phi) is 2.78. The van der Waals surface area contributed by atoms with Crippen molar-refractivity contribution in [3.05, 3.63) is 76.1 Å². The second kappa shape index (κ2) is 4.71. The SMILES string of the molecule is CC1(c2cc3ccccc3oc2=O)NC(=O)c2ccccc2N1.